The van der Waals surface area contributed by atoms with Crippen molar-refractivity contribution in [2.45, 2.75) is 32.2 Å². The van der Waals surface area contributed by atoms with E-state index in [4.69, 9.17) is 0 Å². The van der Waals surface area contributed by atoms with Crippen molar-refractivity contribution < 1.29 is 13.2 Å². The first-order valence-electron chi connectivity index (χ1n) is 6.69. The zero-order valence-corrected chi connectivity index (χ0v) is 11.6. The molecule has 2 heterocycles. The van der Waals surface area contributed by atoms with E-state index in [2.05, 4.69) is 17.6 Å². The van der Waals surface area contributed by atoms with Crippen LogP contribution in [0.25, 0.3) is 0 Å². The molecule has 0 aromatic carbocycles. The van der Waals surface area contributed by atoms with Gasteiger partial charge in [-0.05, 0) is 37.6 Å². The molecule has 6 heteroatoms. The van der Waals surface area contributed by atoms with Gasteiger partial charge in [0.15, 0.2) is 9.84 Å². The fourth-order valence-corrected chi connectivity index (χ4v) is 4.65. The van der Waals surface area contributed by atoms with Crippen molar-refractivity contribution in [3.8, 4) is 0 Å². The van der Waals surface area contributed by atoms with E-state index in [1.807, 2.05) is 0 Å². The maximum atomic E-state index is 12.0. The molecular formula is C12H22N2O3S. The first kappa shape index (κ1) is 13.8. The summed E-state index contributed by atoms with van der Waals surface area (Å²) in [4.78, 5) is 12.0. The summed E-state index contributed by atoms with van der Waals surface area (Å²) in [5.74, 6) is 0.961. The molecule has 0 spiro atoms. The van der Waals surface area contributed by atoms with Crippen molar-refractivity contribution in [1.82, 2.24) is 10.6 Å². The zero-order chi connectivity index (χ0) is 13.2. The summed E-state index contributed by atoms with van der Waals surface area (Å²) in [6.07, 6.45) is 2.87. The minimum absolute atomic E-state index is 0.0199. The summed E-state index contributed by atoms with van der Waals surface area (Å²) >= 11 is 0. The summed E-state index contributed by atoms with van der Waals surface area (Å²) in [7, 11) is -2.85. The largest absolute Gasteiger partial charge is 0.354 e. The molecule has 2 fully saturated rings. The van der Waals surface area contributed by atoms with Crippen molar-refractivity contribution in [2.24, 2.45) is 11.8 Å². The smallest absolute Gasteiger partial charge is 0.237 e. The van der Waals surface area contributed by atoms with Crippen molar-refractivity contribution >= 4 is 15.7 Å². The Bertz CT molecular complexity index is 408. The monoisotopic (exact) mass is 274 g/mol. The topological polar surface area (TPSA) is 75.3 Å². The molecule has 104 valence electrons. The van der Waals surface area contributed by atoms with Crippen LogP contribution in [0, 0.1) is 11.8 Å². The molecule has 0 radical (unpaired) electrons. The second-order valence-electron chi connectivity index (χ2n) is 5.57. The Morgan fingerprint density at radius 1 is 1.39 bits per heavy atom. The molecule has 0 aromatic rings. The number of hydrogen-bond acceptors (Lipinski definition) is 4. The molecule has 2 N–H and O–H groups in total. The number of carbonyl (C=O) groups is 1. The van der Waals surface area contributed by atoms with Gasteiger partial charge in [-0.25, -0.2) is 8.42 Å². The Balaban J connectivity index is 1.78. The molecule has 1 amide bonds. The Morgan fingerprint density at radius 2 is 2.17 bits per heavy atom. The van der Waals surface area contributed by atoms with E-state index in [0.717, 1.165) is 19.4 Å². The number of nitrogens with one attached hydrogen (secondary N) is 2. The van der Waals surface area contributed by atoms with Crippen LogP contribution in [0.3, 0.4) is 0 Å². The van der Waals surface area contributed by atoms with Gasteiger partial charge in [0, 0.05) is 6.54 Å². The highest BCUT2D eigenvalue weighted by atomic mass is 32.2. The zero-order valence-electron chi connectivity index (χ0n) is 10.8. The average molecular weight is 274 g/mol. The third-order valence-electron chi connectivity index (χ3n) is 3.94. The maximum Gasteiger partial charge on any atom is 0.237 e. The second kappa shape index (κ2) is 5.57. The van der Waals surface area contributed by atoms with Crippen molar-refractivity contribution in [2.75, 3.05) is 24.6 Å². The van der Waals surface area contributed by atoms with Crippen LogP contribution in [-0.4, -0.2) is 45.0 Å². The number of hydrogen-bond donors (Lipinski definition) is 2. The molecule has 0 aliphatic carbocycles. The van der Waals surface area contributed by atoms with E-state index in [1.54, 1.807) is 0 Å². The predicted octanol–water partition coefficient (Wildman–Crippen LogP) is -0.0746. The lowest BCUT2D eigenvalue weighted by Crippen LogP contribution is -2.51. The van der Waals surface area contributed by atoms with Gasteiger partial charge in [-0.3, -0.25) is 4.79 Å². The highest BCUT2D eigenvalue weighted by Gasteiger charge is 2.30. The van der Waals surface area contributed by atoms with Gasteiger partial charge in [-0.1, -0.05) is 6.92 Å². The van der Waals surface area contributed by atoms with E-state index in [1.165, 1.54) is 0 Å². The first-order valence-corrected chi connectivity index (χ1v) is 8.51. The van der Waals surface area contributed by atoms with Gasteiger partial charge < -0.3 is 10.6 Å². The van der Waals surface area contributed by atoms with Crippen LogP contribution in [0.15, 0.2) is 0 Å². The highest BCUT2D eigenvalue weighted by molar-refractivity contribution is 7.91. The van der Waals surface area contributed by atoms with Crippen molar-refractivity contribution in [3.05, 3.63) is 0 Å². The number of rotatable bonds is 3. The Hall–Kier alpha value is -0.620. The molecule has 2 saturated heterocycles. The Morgan fingerprint density at radius 3 is 2.78 bits per heavy atom. The van der Waals surface area contributed by atoms with Gasteiger partial charge in [-0.15, -0.1) is 0 Å². The highest BCUT2D eigenvalue weighted by Crippen LogP contribution is 2.18. The Kier molecular flexibility index (Phi) is 4.27. The van der Waals surface area contributed by atoms with Crippen LogP contribution in [-0.2, 0) is 14.6 Å². The molecule has 18 heavy (non-hydrogen) atoms. The van der Waals surface area contributed by atoms with Gasteiger partial charge in [0.1, 0.15) is 0 Å². The molecule has 0 aromatic heterocycles. The fourth-order valence-electron chi connectivity index (χ4n) is 2.79. The predicted molar refractivity (Wildman–Crippen MR) is 70.0 cm³/mol. The second-order valence-corrected chi connectivity index (χ2v) is 7.79. The van der Waals surface area contributed by atoms with Gasteiger partial charge in [0.05, 0.1) is 17.5 Å². The van der Waals surface area contributed by atoms with E-state index in [0.29, 0.717) is 18.9 Å². The lowest BCUT2D eigenvalue weighted by atomic mass is 9.92. The quantitative estimate of drug-likeness (QED) is 0.755. The first-order chi connectivity index (χ1) is 8.48. The standard InChI is InChI=1S/C12H22N2O3S/c1-9-3-2-5-13-11(9)12(15)14-7-10-4-6-18(16,17)8-10/h9-11,13H,2-8H2,1H3,(H,14,15). The summed E-state index contributed by atoms with van der Waals surface area (Å²) in [6.45, 7) is 3.46. The van der Waals surface area contributed by atoms with Crippen molar-refractivity contribution in [3.63, 3.8) is 0 Å². The third kappa shape index (κ3) is 3.45. The Labute approximate surface area is 109 Å². The number of carbonyl (C=O) groups excluding carboxylic acids is 1. The van der Waals surface area contributed by atoms with Crippen LogP contribution >= 0.6 is 0 Å². The van der Waals surface area contributed by atoms with E-state index >= 15 is 0 Å². The lowest BCUT2D eigenvalue weighted by Gasteiger charge is -2.29. The van der Waals surface area contributed by atoms with Crippen LogP contribution < -0.4 is 10.6 Å². The molecule has 3 unspecified atom stereocenters. The van der Waals surface area contributed by atoms with E-state index in [9.17, 15) is 13.2 Å². The molecule has 5 nitrogen and oxygen atoms in total. The third-order valence-corrected chi connectivity index (χ3v) is 5.78. The van der Waals surface area contributed by atoms with Crippen LogP contribution in [0.1, 0.15) is 26.2 Å². The molecule has 3 atom stereocenters. The SMILES string of the molecule is CC1CCCNC1C(=O)NCC1CCS(=O)(=O)C1. The fraction of sp³-hybridized carbons (Fsp3) is 0.917. The molecule has 2 rings (SSSR count). The summed E-state index contributed by atoms with van der Waals surface area (Å²) in [5.41, 5.74) is 0. The number of sulfone groups is 1. The summed E-state index contributed by atoms with van der Waals surface area (Å²) < 4.78 is 22.6. The number of piperidine rings is 1. The average Bonchev–Trinajstić information content (AvgIpc) is 2.66. The van der Waals surface area contributed by atoms with Gasteiger partial charge >= 0.3 is 0 Å². The lowest BCUT2D eigenvalue weighted by molar-refractivity contribution is -0.125. The van der Waals surface area contributed by atoms with Gasteiger partial charge in [-0.2, -0.15) is 0 Å². The number of amides is 1. The molecule has 2 aliphatic rings. The normalized spacial score (nSPS) is 35.3. The molecule has 0 bridgehead atoms. The minimum Gasteiger partial charge on any atom is -0.354 e. The molecule has 0 saturated carbocycles. The van der Waals surface area contributed by atoms with Crippen molar-refractivity contribution in [1.29, 1.82) is 0 Å². The van der Waals surface area contributed by atoms with Crippen LogP contribution in [0.5, 0.6) is 0 Å². The van der Waals surface area contributed by atoms with Crippen LogP contribution in [0.4, 0.5) is 0 Å². The van der Waals surface area contributed by atoms with E-state index in [-0.39, 0.29) is 29.4 Å². The van der Waals surface area contributed by atoms with Gasteiger partial charge in [0.25, 0.3) is 0 Å². The minimum atomic E-state index is -2.85. The summed E-state index contributed by atoms with van der Waals surface area (Å²) in [5, 5.41) is 6.13. The molecule has 2 aliphatic heterocycles. The van der Waals surface area contributed by atoms with Crippen LogP contribution in [0.2, 0.25) is 0 Å². The summed E-state index contributed by atoms with van der Waals surface area (Å²) in [6, 6.07) is -0.114. The van der Waals surface area contributed by atoms with Gasteiger partial charge in [0.2, 0.25) is 5.91 Å². The maximum absolute atomic E-state index is 12.0. The van der Waals surface area contributed by atoms with E-state index < -0.39 is 9.84 Å². The molecular weight excluding hydrogens is 252 g/mol.